The molecule has 0 fully saturated rings. The van der Waals surface area contributed by atoms with E-state index >= 15 is 0 Å². The van der Waals surface area contributed by atoms with Crippen LogP contribution in [0.15, 0.2) is 36.4 Å². The Labute approximate surface area is 126 Å². The first kappa shape index (κ1) is 15.1. The number of halogens is 2. The summed E-state index contributed by atoms with van der Waals surface area (Å²) in [5.41, 5.74) is 6.77. The topological polar surface area (TPSA) is 61.5 Å². The van der Waals surface area contributed by atoms with Crippen LogP contribution in [0.1, 0.15) is 15.9 Å². The normalized spacial score (nSPS) is 10.2. The molecule has 0 aliphatic heterocycles. The first-order valence-electron chi connectivity index (χ1n) is 6.06. The molecule has 6 heteroatoms. The second-order valence-corrected chi connectivity index (χ2v) is 4.62. The van der Waals surface area contributed by atoms with Crippen LogP contribution in [-0.4, -0.2) is 13.1 Å². The van der Waals surface area contributed by atoms with Gasteiger partial charge in [-0.05, 0) is 24.3 Å². The van der Waals surface area contributed by atoms with Crippen LogP contribution in [0.3, 0.4) is 0 Å². The second kappa shape index (κ2) is 6.45. The maximum Gasteiger partial charge on any atom is 0.338 e. The van der Waals surface area contributed by atoms with Crippen molar-refractivity contribution in [2.45, 2.75) is 6.61 Å². The zero-order valence-corrected chi connectivity index (χ0v) is 12.0. The first-order chi connectivity index (χ1) is 10.0. The molecule has 0 bridgehead atoms. The minimum absolute atomic E-state index is 0.0554. The SMILES string of the molecule is COc1cc(C(=O)OCc2cccc(F)c2Cl)ccc1N. The third kappa shape index (κ3) is 3.44. The largest absolute Gasteiger partial charge is 0.495 e. The van der Waals surface area contributed by atoms with Gasteiger partial charge in [-0.25, -0.2) is 9.18 Å². The molecule has 21 heavy (non-hydrogen) atoms. The number of hydrogen-bond acceptors (Lipinski definition) is 4. The van der Waals surface area contributed by atoms with Gasteiger partial charge in [-0.15, -0.1) is 0 Å². The molecule has 0 aromatic heterocycles. The van der Waals surface area contributed by atoms with Gasteiger partial charge in [0.2, 0.25) is 0 Å². The van der Waals surface area contributed by atoms with Gasteiger partial charge in [-0.2, -0.15) is 0 Å². The minimum Gasteiger partial charge on any atom is -0.495 e. The van der Waals surface area contributed by atoms with Gasteiger partial charge in [0.25, 0.3) is 0 Å². The molecule has 0 saturated carbocycles. The van der Waals surface area contributed by atoms with E-state index in [0.717, 1.165) is 0 Å². The van der Waals surface area contributed by atoms with E-state index in [2.05, 4.69) is 0 Å². The van der Waals surface area contributed by atoms with E-state index in [-0.39, 0.29) is 17.2 Å². The second-order valence-electron chi connectivity index (χ2n) is 4.25. The summed E-state index contributed by atoms with van der Waals surface area (Å²) >= 11 is 5.79. The summed E-state index contributed by atoms with van der Waals surface area (Å²) < 4.78 is 23.4. The van der Waals surface area contributed by atoms with Crippen LogP contribution >= 0.6 is 11.6 Å². The lowest BCUT2D eigenvalue weighted by atomic mass is 10.2. The Morgan fingerprint density at radius 1 is 1.33 bits per heavy atom. The number of methoxy groups -OCH3 is 1. The number of rotatable bonds is 4. The molecular formula is C15H13ClFNO3. The molecule has 0 atom stereocenters. The number of ether oxygens (including phenoxy) is 2. The highest BCUT2D eigenvalue weighted by Crippen LogP contribution is 2.24. The summed E-state index contributed by atoms with van der Waals surface area (Å²) in [6.45, 7) is -0.123. The number of nitrogen functional groups attached to an aromatic ring is 1. The molecule has 0 unspecified atom stereocenters. The summed E-state index contributed by atoms with van der Waals surface area (Å²) in [7, 11) is 1.45. The molecule has 2 aromatic rings. The van der Waals surface area contributed by atoms with Crippen molar-refractivity contribution in [2.24, 2.45) is 0 Å². The Morgan fingerprint density at radius 3 is 2.81 bits per heavy atom. The molecule has 110 valence electrons. The Morgan fingerprint density at radius 2 is 2.10 bits per heavy atom. The summed E-state index contributed by atoms with van der Waals surface area (Å²) in [6, 6.07) is 8.86. The van der Waals surface area contributed by atoms with E-state index in [9.17, 15) is 9.18 Å². The van der Waals surface area contributed by atoms with Crippen LogP contribution in [0.2, 0.25) is 5.02 Å². The van der Waals surface area contributed by atoms with Crippen molar-refractivity contribution in [3.8, 4) is 5.75 Å². The van der Waals surface area contributed by atoms with Crippen LogP contribution in [0.5, 0.6) is 5.75 Å². The van der Waals surface area contributed by atoms with Gasteiger partial charge in [-0.1, -0.05) is 23.7 Å². The summed E-state index contributed by atoms with van der Waals surface area (Å²) in [5.74, 6) is -0.749. The molecule has 4 nitrogen and oxygen atoms in total. The van der Waals surface area contributed by atoms with Crippen molar-refractivity contribution in [3.63, 3.8) is 0 Å². The first-order valence-corrected chi connectivity index (χ1v) is 6.44. The minimum atomic E-state index is -0.575. The van der Waals surface area contributed by atoms with Crippen LogP contribution in [0, 0.1) is 5.82 Å². The van der Waals surface area contributed by atoms with Gasteiger partial charge in [0.15, 0.2) is 0 Å². The Bertz CT molecular complexity index is 676. The Kier molecular flexibility index (Phi) is 4.65. The molecule has 2 rings (SSSR count). The standard InChI is InChI=1S/C15H13ClFNO3/c1-20-13-7-9(5-6-12(13)18)15(19)21-8-10-3-2-4-11(17)14(10)16/h2-7H,8,18H2,1H3. The van der Waals surface area contributed by atoms with Crippen molar-refractivity contribution in [2.75, 3.05) is 12.8 Å². The fraction of sp³-hybridized carbons (Fsp3) is 0.133. The molecule has 0 heterocycles. The highest BCUT2D eigenvalue weighted by atomic mass is 35.5. The molecule has 0 amide bonds. The predicted octanol–water partition coefficient (Wildman–Crippen LogP) is 3.43. The highest BCUT2D eigenvalue weighted by molar-refractivity contribution is 6.31. The van der Waals surface area contributed by atoms with Crippen LogP contribution in [0.25, 0.3) is 0 Å². The third-order valence-corrected chi connectivity index (χ3v) is 3.28. The van der Waals surface area contributed by atoms with Crippen molar-refractivity contribution in [1.82, 2.24) is 0 Å². The summed E-state index contributed by atoms with van der Waals surface area (Å²) in [4.78, 5) is 11.9. The van der Waals surface area contributed by atoms with Gasteiger partial charge < -0.3 is 15.2 Å². The molecule has 2 aromatic carbocycles. The Hall–Kier alpha value is -2.27. The molecule has 2 N–H and O–H groups in total. The third-order valence-electron chi connectivity index (χ3n) is 2.86. The average molecular weight is 310 g/mol. The number of benzene rings is 2. The number of anilines is 1. The Balaban J connectivity index is 2.10. The quantitative estimate of drug-likeness (QED) is 0.694. The smallest absolute Gasteiger partial charge is 0.338 e. The molecule has 0 saturated heterocycles. The van der Waals surface area contributed by atoms with E-state index in [1.807, 2.05) is 0 Å². The molecule has 0 spiro atoms. The lowest BCUT2D eigenvalue weighted by Crippen LogP contribution is -2.06. The van der Waals surface area contributed by atoms with E-state index in [4.69, 9.17) is 26.8 Å². The molecule has 0 radical (unpaired) electrons. The van der Waals surface area contributed by atoms with Gasteiger partial charge in [0, 0.05) is 5.56 Å². The zero-order chi connectivity index (χ0) is 15.4. The molecule has 0 aliphatic rings. The lowest BCUT2D eigenvalue weighted by molar-refractivity contribution is 0.0472. The van der Waals surface area contributed by atoms with Gasteiger partial charge in [-0.3, -0.25) is 0 Å². The van der Waals surface area contributed by atoms with Gasteiger partial charge >= 0.3 is 5.97 Å². The van der Waals surface area contributed by atoms with Gasteiger partial charge in [0.05, 0.1) is 23.4 Å². The van der Waals surface area contributed by atoms with E-state index in [1.54, 1.807) is 12.1 Å². The molecule has 0 aliphatic carbocycles. The van der Waals surface area contributed by atoms with Crippen LogP contribution in [-0.2, 0) is 11.3 Å². The number of carbonyl (C=O) groups is 1. The maximum atomic E-state index is 13.3. The van der Waals surface area contributed by atoms with Crippen LogP contribution < -0.4 is 10.5 Å². The monoisotopic (exact) mass is 309 g/mol. The van der Waals surface area contributed by atoms with Gasteiger partial charge in [0.1, 0.15) is 18.2 Å². The fourth-order valence-electron chi connectivity index (χ4n) is 1.72. The van der Waals surface area contributed by atoms with Crippen molar-refractivity contribution in [3.05, 3.63) is 58.4 Å². The number of nitrogens with two attached hydrogens (primary N) is 1. The fourth-order valence-corrected chi connectivity index (χ4v) is 1.91. The summed E-state index contributed by atoms with van der Waals surface area (Å²) in [5, 5.41) is -0.0554. The number of carbonyl (C=O) groups excluding carboxylic acids is 1. The van der Waals surface area contributed by atoms with E-state index < -0.39 is 11.8 Å². The van der Waals surface area contributed by atoms with Crippen LogP contribution in [0.4, 0.5) is 10.1 Å². The van der Waals surface area contributed by atoms with E-state index in [0.29, 0.717) is 17.0 Å². The lowest BCUT2D eigenvalue weighted by Gasteiger charge is -2.09. The summed E-state index contributed by atoms with van der Waals surface area (Å²) in [6.07, 6.45) is 0. The average Bonchev–Trinajstić information content (AvgIpc) is 2.49. The van der Waals surface area contributed by atoms with Crippen molar-refractivity contribution >= 4 is 23.3 Å². The highest BCUT2D eigenvalue weighted by Gasteiger charge is 2.12. The zero-order valence-electron chi connectivity index (χ0n) is 11.2. The van der Waals surface area contributed by atoms with Crippen molar-refractivity contribution < 1.29 is 18.7 Å². The maximum absolute atomic E-state index is 13.3. The number of hydrogen-bond donors (Lipinski definition) is 1. The van der Waals surface area contributed by atoms with E-state index in [1.165, 1.54) is 31.4 Å². The number of esters is 1. The van der Waals surface area contributed by atoms with Crippen molar-refractivity contribution in [1.29, 1.82) is 0 Å². The predicted molar refractivity (Wildman–Crippen MR) is 77.9 cm³/mol. The molecular weight excluding hydrogens is 297 g/mol.